The van der Waals surface area contributed by atoms with E-state index in [0.29, 0.717) is 18.5 Å². The number of hydrogen-bond donors (Lipinski definition) is 2. The fourth-order valence-electron chi connectivity index (χ4n) is 4.88. The van der Waals surface area contributed by atoms with Crippen LogP contribution in [0, 0.1) is 24.0 Å². The number of benzene rings is 1. The fourth-order valence-corrected chi connectivity index (χ4v) is 4.88. The Morgan fingerprint density at radius 2 is 1.95 bits per heavy atom. The van der Waals surface area contributed by atoms with Crippen molar-refractivity contribution in [3.63, 3.8) is 0 Å². The molecule has 38 heavy (non-hydrogen) atoms. The lowest BCUT2D eigenvalue weighted by molar-refractivity contribution is 0.554. The highest BCUT2D eigenvalue weighted by Crippen LogP contribution is 2.59. The number of rotatable bonds is 6. The van der Waals surface area contributed by atoms with Crippen molar-refractivity contribution in [2.24, 2.45) is 5.14 Å². The molecule has 1 fully saturated rings. The second-order valence-electron chi connectivity index (χ2n) is 8.78. The molecule has 3 N–H and O–H groups in total. The molecule has 2 aliphatic rings. The SMILES string of the molecule is C#Cc1cc(CC)c(F)c(N2Cc3cnc(/C(C=C)=C/NC)cc3C3(CC3)C2=CCC)c1F.CC.CSN. The van der Waals surface area contributed by atoms with Crippen molar-refractivity contribution in [2.75, 3.05) is 18.2 Å². The van der Waals surface area contributed by atoms with Crippen LogP contribution in [0.4, 0.5) is 14.5 Å². The number of nitrogens with zero attached hydrogens (tertiary/aromatic N) is 2. The molecule has 1 aromatic carbocycles. The molecule has 0 atom stereocenters. The number of aromatic nitrogens is 1. The summed E-state index contributed by atoms with van der Waals surface area (Å²) in [4.78, 5) is 6.44. The second kappa shape index (κ2) is 14.2. The van der Waals surface area contributed by atoms with E-state index in [1.165, 1.54) is 23.6 Å². The third-order valence-electron chi connectivity index (χ3n) is 6.63. The van der Waals surface area contributed by atoms with Crippen LogP contribution >= 0.6 is 11.9 Å². The molecular weight excluding hydrogens is 498 g/mol. The number of halogens is 2. The molecule has 0 saturated heterocycles. The molecule has 1 aliphatic carbocycles. The topological polar surface area (TPSA) is 54.2 Å². The van der Waals surface area contributed by atoms with Gasteiger partial charge in [0.15, 0.2) is 11.6 Å². The summed E-state index contributed by atoms with van der Waals surface area (Å²) in [5.41, 5.74) is 5.01. The van der Waals surface area contributed by atoms with Crippen LogP contribution in [0.25, 0.3) is 5.57 Å². The van der Waals surface area contributed by atoms with E-state index >= 15 is 8.78 Å². The summed E-state index contributed by atoms with van der Waals surface area (Å²) in [6, 6.07) is 3.55. The van der Waals surface area contributed by atoms with Crippen molar-refractivity contribution in [3.05, 3.63) is 88.5 Å². The molecule has 4 rings (SSSR count). The minimum atomic E-state index is -0.677. The molecular formula is C31H40F2N4S. The predicted octanol–water partition coefficient (Wildman–Crippen LogP) is 7.24. The van der Waals surface area contributed by atoms with Crippen LogP contribution in [-0.4, -0.2) is 18.3 Å². The predicted molar refractivity (Wildman–Crippen MR) is 160 cm³/mol. The Kier molecular flexibility index (Phi) is 11.6. The van der Waals surface area contributed by atoms with Crippen molar-refractivity contribution < 1.29 is 8.78 Å². The van der Waals surface area contributed by atoms with Gasteiger partial charge < -0.3 is 10.2 Å². The van der Waals surface area contributed by atoms with E-state index in [4.69, 9.17) is 11.6 Å². The van der Waals surface area contributed by atoms with Crippen LogP contribution < -0.4 is 15.4 Å². The highest BCUT2D eigenvalue weighted by molar-refractivity contribution is 7.96. The van der Waals surface area contributed by atoms with Crippen LogP contribution in [0.3, 0.4) is 0 Å². The van der Waals surface area contributed by atoms with Gasteiger partial charge in [-0.1, -0.05) is 64.3 Å². The summed E-state index contributed by atoms with van der Waals surface area (Å²) < 4.78 is 31.1. The first-order chi connectivity index (χ1) is 18.4. The molecule has 0 bridgehead atoms. The molecule has 0 radical (unpaired) electrons. The molecule has 4 nitrogen and oxygen atoms in total. The van der Waals surface area contributed by atoms with Crippen LogP contribution in [-0.2, 0) is 18.4 Å². The van der Waals surface area contributed by atoms with Gasteiger partial charge in [0.05, 0.1) is 11.3 Å². The third kappa shape index (κ3) is 5.98. The number of terminal acetylenes is 1. The van der Waals surface area contributed by atoms with Crippen LogP contribution in [0.1, 0.15) is 74.9 Å². The van der Waals surface area contributed by atoms with Crippen LogP contribution in [0.15, 0.2) is 49.0 Å². The monoisotopic (exact) mass is 538 g/mol. The number of allylic oxidation sites excluding steroid dienone is 4. The molecule has 1 aliphatic heterocycles. The van der Waals surface area contributed by atoms with Gasteiger partial charge in [-0.25, -0.2) is 8.78 Å². The van der Waals surface area contributed by atoms with Crippen molar-refractivity contribution >= 4 is 23.2 Å². The number of fused-ring (bicyclic) bond motifs is 2. The third-order valence-corrected chi connectivity index (χ3v) is 6.63. The Morgan fingerprint density at radius 3 is 2.45 bits per heavy atom. The second-order valence-corrected chi connectivity index (χ2v) is 9.25. The Bertz CT molecular complexity index is 1240. The van der Waals surface area contributed by atoms with Gasteiger partial charge in [-0.2, -0.15) is 0 Å². The lowest BCUT2D eigenvalue weighted by Gasteiger charge is -2.40. The molecule has 204 valence electrons. The smallest absolute Gasteiger partial charge is 0.165 e. The van der Waals surface area contributed by atoms with E-state index in [1.54, 1.807) is 11.0 Å². The standard InChI is InChI=1S/C28H29F2N3.C2H6.CH5NS/c1-6-10-24-28(11-12-28)22-14-23(20(9-4)15-31-5)32-16-21(22)17-33(24)27-25(29)18(7-2)13-19(8-3)26(27)30;1-2;1-3-2/h2,9-10,13-16,31H,4,6,8,11-12,17H2,1,3,5H3;1-2H3;2H2,1H3/b20-15+,24-10?;;. The van der Waals surface area contributed by atoms with Crippen molar-refractivity contribution in [3.8, 4) is 12.3 Å². The summed E-state index contributed by atoms with van der Waals surface area (Å²) in [6.07, 6.45) is 18.0. The highest BCUT2D eigenvalue weighted by Gasteiger charge is 2.54. The largest absolute Gasteiger partial charge is 0.393 e. The summed E-state index contributed by atoms with van der Waals surface area (Å²) in [5, 5.41) is 7.80. The van der Waals surface area contributed by atoms with Gasteiger partial charge in [-0.3, -0.25) is 10.1 Å². The zero-order valence-electron chi connectivity index (χ0n) is 23.4. The summed E-state index contributed by atoms with van der Waals surface area (Å²) in [7, 11) is 1.84. The first-order valence-electron chi connectivity index (χ1n) is 13.0. The van der Waals surface area contributed by atoms with Crippen molar-refractivity contribution in [2.45, 2.75) is 65.3 Å². The number of nitrogens with two attached hydrogens (primary N) is 1. The van der Waals surface area contributed by atoms with E-state index in [0.717, 1.165) is 41.8 Å². The lowest BCUT2D eigenvalue weighted by atomic mass is 9.82. The maximum absolute atomic E-state index is 15.6. The molecule has 2 heterocycles. The van der Waals surface area contributed by atoms with Crippen molar-refractivity contribution in [1.29, 1.82) is 0 Å². The zero-order chi connectivity index (χ0) is 28.5. The number of anilines is 1. The van der Waals surface area contributed by atoms with E-state index < -0.39 is 11.6 Å². The molecule has 2 aromatic rings. The molecule has 0 amide bonds. The quantitative estimate of drug-likeness (QED) is 0.231. The Labute approximate surface area is 231 Å². The maximum Gasteiger partial charge on any atom is 0.165 e. The first kappa shape index (κ1) is 31.1. The van der Waals surface area contributed by atoms with Gasteiger partial charge in [0.25, 0.3) is 0 Å². The van der Waals surface area contributed by atoms with Gasteiger partial charge >= 0.3 is 0 Å². The molecule has 7 heteroatoms. The van der Waals surface area contributed by atoms with Crippen LogP contribution in [0.5, 0.6) is 0 Å². The van der Waals surface area contributed by atoms with Crippen LogP contribution in [0.2, 0.25) is 0 Å². The summed E-state index contributed by atoms with van der Waals surface area (Å²) in [6.45, 7) is 12.1. The lowest BCUT2D eigenvalue weighted by Crippen LogP contribution is -2.37. The molecule has 0 unspecified atom stereocenters. The van der Waals surface area contributed by atoms with Gasteiger partial charge in [-0.05, 0) is 60.8 Å². The molecule has 1 saturated carbocycles. The fraction of sp³-hybridized carbons (Fsp3) is 0.387. The number of nitrogens with one attached hydrogen (secondary N) is 1. The number of aryl methyl sites for hydroxylation is 1. The average molecular weight is 539 g/mol. The van der Waals surface area contributed by atoms with Gasteiger partial charge in [-0.15, -0.1) is 6.42 Å². The van der Waals surface area contributed by atoms with Gasteiger partial charge in [0.2, 0.25) is 0 Å². The van der Waals surface area contributed by atoms with Crippen molar-refractivity contribution in [1.82, 2.24) is 10.3 Å². The Morgan fingerprint density at radius 1 is 1.29 bits per heavy atom. The molecule has 1 spiro atoms. The minimum absolute atomic E-state index is 0.0511. The average Bonchev–Trinajstić information content (AvgIpc) is 3.72. The first-order valence-corrected chi connectivity index (χ1v) is 14.3. The number of hydrogen-bond acceptors (Lipinski definition) is 5. The van der Waals surface area contributed by atoms with E-state index in [9.17, 15) is 0 Å². The normalized spacial score (nSPS) is 15.9. The Hall–Kier alpha value is -3.08. The van der Waals surface area contributed by atoms with E-state index in [1.807, 2.05) is 53.4 Å². The maximum atomic E-state index is 15.6. The molecule has 1 aromatic heterocycles. The van der Waals surface area contributed by atoms with Gasteiger partial charge in [0.1, 0.15) is 5.69 Å². The summed E-state index contributed by atoms with van der Waals surface area (Å²) >= 11 is 1.25. The zero-order valence-corrected chi connectivity index (χ0v) is 24.2. The minimum Gasteiger partial charge on any atom is -0.393 e. The Balaban J connectivity index is 0.000000947. The van der Waals surface area contributed by atoms with E-state index in [2.05, 4.69) is 34.9 Å². The summed E-state index contributed by atoms with van der Waals surface area (Å²) in [5.74, 6) is 1.18. The highest BCUT2D eigenvalue weighted by atomic mass is 32.2. The number of pyridine rings is 1. The van der Waals surface area contributed by atoms with E-state index in [-0.39, 0.29) is 16.7 Å². The van der Waals surface area contributed by atoms with Gasteiger partial charge in [0, 0.05) is 42.7 Å².